The van der Waals surface area contributed by atoms with E-state index in [0.717, 1.165) is 0 Å². The largest absolute Gasteiger partial charge is 0.467 e. The van der Waals surface area contributed by atoms with Crippen molar-refractivity contribution in [3.63, 3.8) is 0 Å². The lowest BCUT2D eigenvalue weighted by Crippen LogP contribution is -2.45. The average Bonchev–Trinajstić information content (AvgIpc) is 1.85. The molecule has 2 nitrogen and oxygen atoms in total. The Morgan fingerprint density at radius 3 is 1.67 bits per heavy atom. The Morgan fingerprint density at radius 2 is 1.58 bits per heavy atom. The van der Waals surface area contributed by atoms with Gasteiger partial charge in [-0.15, -0.1) is 0 Å². The smallest absolute Gasteiger partial charge is 0.406 e. The van der Waals surface area contributed by atoms with Crippen molar-refractivity contribution >= 4 is 6.47 Å². The molecule has 12 heavy (non-hydrogen) atoms. The van der Waals surface area contributed by atoms with Crippen LogP contribution in [0.4, 0.5) is 26.3 Å². The second-order valence-electron chi connectivity index (χ2n) is 1.54. The Morgan fingerprint density at radius 1 is 1.17 bits per heavy atom. The Balaban J connectivity index is 4.73. The van der Waals surface area contributed by atoms with Crippen molar-refractivity contribution in [2.75, 3.05) is 0 Å². The van der Waals surface area contributed by atoms with Gasteiger partial charge in [0.25, 0.3) is 0 Å². The van der Waals surface area contributed by atoms with Crippen molar-refractivity contribution in [1.29, 1.82) is 0 Å². The molecule has 2 radical (unpaired) electrons. The van der Waals surface area contributed by atoms with Gasteiger partial charge >= 0.3 is 24.9 Å². The molecule has 0 saturated heterocycles. The molecule has 0 amide bonds. The Hall–Kier alpha value is -0.950. The molecule has 1 atom stereocenters. The molecule has 0 aromatic rings. The zero-order valence-electron chi connectivity index (χ0n) is 5.08. The lowest BCUT2D eigenvalue weighted by Gasteiger charge is -2.22. The van der Waals surface area contributed by atoms with Gasteiger partial charge in [-0.2, -0.15) is 26.3 Å². The van der Waals surface area contributed by atoms with E-state index < -0.39 is 18.5 Å². The molecular weight excluding hydrogens is 194 g/mol. The third-order valence-electron chi connectivity index (χ3n) is 0.790. The summed E-state index contributed by atoms with van der Waals surface area (Å²) in [6.45, 7) is -0.0497. The Kier molecular flexibility index (Phi) is 2.94. The second kappa shape index (κ2) is 3.20. The maximum atomic E-state index is 12.0. The van der Waals surface area contributed by atoms with E-state index >= 15 is 0 Å². The van der Waals surface area contributed by atoms with Crippen LogP contribution in [0.2, 0.25) is 0 Å². The number of hydrogen-bond donors (Lipinski definition) is 0. The minimum absolute atomic E-state index is 0.0497. The minimum Gasteiger partial charge on any atom is -0.406 e. The maximum Gasteiger partial charge on any atom is 0.467 e. The Labute approximate surface area is 62.1 Å². The molecule has 0 bridgehead atoms. The average molecular weight is 194 g/mol. The third kappa shape index (κ3) is 1.80. The number of hydrogen-bond acceptors (Lipinski definition) is 2. The van der Waals surface area contributed by atoms with E-state index in [0.29, 0.717) is 0 Å². The van der Waals surface area contributed by atoms with E-state index in [-0.39, 0.29) is 6.47 Å². The van der Waals surface area contributed by atoms with E-state index in [1.165, 1.54) is 0 Å². The lowest BCUT2D eigenvalue weighted by atomic mass is 10.3. The molecule has 70 valence electrons. The highest BCUT2D eigenvalue weighted by atomic mass is 19.4. The van der Waals surface area contributed by atoms with E-state index in [9.17, 15) is 26.3 Å². The van der Waals surface area contributed by atoms with Crippen LogP contribution in [0.5, 0.6) is 0 Å². The van der Waals surface area contributed by atoms with E-state index in [4.69, 9.17) is 4.79 Å². The predicted octanol–water partition coefficient (Wildman–Crippen LogP) is 1.73. The summed E-state index contributed by atoms with van der Waals surface area (Å²) in [6, 6.07) is 0. The maximum absolute atomic E-state index is 12.0. The third-order valence-corrected chi connectivity index (χ3v) is 0.790. The fourth-order valence-electron chi connectivity index (χ4n) is 0.261. The number of alkyl halides is 4. The molecule has 0 aliphatic rings. The summed E-state index contributed by atoms with van der Waals surface area (Å²) >= 11 is 0. The van der Waals surface area contributed by atoms with Gasteiger partial charge in [0.1, 0.15) is 0 Å². The van der Waals surface area contributed by atoms with E-state index in [1.807, 2.05) is 0 Å². The van der Waals surface area contributed by atoms with Crippen LogP contribution >= 0.6 is 0 Å². The van der Waals surface area contributed by atoms with Crippen molar-refractivity contribution in [3.8, 4) is 0 Å². The summed E-state index contributed by atoms with van der Waals surface area (Å²) in [5.41, 5.74) is 0. The molecular formula is C4F6O2. The Bertz CT molecular complexity index is 165. The first-order chi connectivity index (χ1) is 5.25. The number of ether oxygens (including phenoxy) is 1. The van der Waals surface area contributed by atoms with Crippen molar-refractivity contribution in [3.05, 3.63) is 6.43 Å². The minimum atomic E-state index is -6.01. The molecule has 0 fully saturated rings. The van der Waals surface area contributed by atoms with Crippen molar-refractivity contribution in [2.45, 2.75) is 12.0 Å². The second-order valence-corrected chi connectivity index (χ2v) is 1.54. The molecule has 0 rings (SSSR count). The van der Waals surface area contributed by atoms with Crippen LogP contribution < -0.4 is 0 Å². The van der Waals surface area contributed by atoms with Crippen LogP contribution in [-0.4, -0.2) is 18.5 Å². The molecule has 0 aliphatic heterocycles. The van der Waals surface area contributed by atoms with E-state index in [2.05, 4.69) is 4.74 Å². The molecule has 0 spiro atoms. The predicted molar refractivity (Wildman–Crippen MR) is 22.1 cm³/mol. The summed E-state index contributed by atoms with van der Waals surface area (Å²) in [5.74, 6) is -5.35. The molecule has 0 N–H and O–H groups in total. The van der Waals surface area contributed by atoms with Crippen LogP contribution in [0, 0.1) is 6.43 Å². The molecule has 0 aromatic carbocycles. The zero-order chi connectivity index (χ0) is 9.99. The first kappa shape index (κ1) is 11.0. The fraction of sp³-hybridized carbons (Fsp3) is 0.500. The number of carbonyl (C=O) groups excluding carboxylic acids is 1. The van der Waals surface area contributed by atoms with Crippen molar-refractivity contribution in [2.24, 2.45) is 0 Å². The van der Waals surface area contributed by atoms with E-state index in [1.54, 1.807) is 0 Å². The normalized spacial score (nSPS) is 17.2. The van der Waals surface area contributed by atoms with Crippen LogP contribution in [0.25, 0.3) is 0 Å². The van der Waals surface area contributed by atoms with Gasteiger partial charge in [-0.05, 0) is 0 Å². The quantitative estimate of drug-likeness (QED) is 0.639. The molecule has 0 aromatic heterocycles. The summed E-state index contributed by atoms with van der Waals surface area (Å²) in [4.78, 5) is 9.14. The van der Waals surface area contributed by atoms with Crippen LogP contribution in [0.15, 0.2) is 0 Å². The zero-order valence-corrected chi connectivity index (χ0v) is 5.08. The van der Waals surface area contributed by atoms with Gasteiger partial charge in [0.15, 0.2) is 0 Å². The first-order valence-corrected chi connectivity index (χ1v) is 2.25. The molecule has 0 aliphatic carbocycles. The molecule has 8 heteroatoms. The first-order valence-electron chi connectivity index (χ1n) is 2.25. The van der Waals surface area contributed by atoms with Crippen LogP contribution in [0.3, 0.4) is 0 Å². The van der Waals surface area contributed by atoms with Gasteiger partial charge in [0, 0.05) is 0 Å². The van der Waals surface area contributed by atoms with Gasteiger partial charge in [-0.3, -0.25) is 0 Å². The summed E-state index contributed by atoms with van der Waals surface area (Å²) in [6.07, 6.45) is -9.72. The molecule has 1 unspecified atom stereocenters. The topological polar surface area (TPSA) is 26.3 Å². The highest BCUT2D eigenvalue weighted by molar-refractivity contribution is 5.40. The van der Waals surface area contributed by atoms with Crippen molar-refractivity contribution < 1.29 is 35.9 Å². The fourth-order valence-corrected chi connectivity index (χ4v) is 0.261. The lowest BCUT2D eigenvalue weighted by molar-refractivity contribution is -0.318. The van der Waals surface area contributed by atoms with Gasteiger partial charge in [-0.25, -0.2) is 4.79 Å². The monoisotopic (exact) mass is 194 g/mol. The van der Waals surface area contributed by atoms with Gasteiger partial charge in [-0.1, -0.05) is 0 Å². The van der Waals surface area contributed by atoms with Crippen molar-refractivity contribution in [1.82, 2.24) is 0 Å². The van der Waals surface area contributed by atoms with Gasteiger partial charge in [0.2, 0.25) is 0 Å². The van der Waals surface area contributed by atoms with Gasteiger partial charge in [0.05, 0.1) is 0 Å². The summed E-state index contributed by atoms with van der Waals surface area (Å²) < 4.78 is 71.2. The summed E-state index contributed by atoms with van der Waals surface area (Å²) in [5, 5.41) is 0. The number of halogens is 6. The SMILES string of the molecule is O=[C]OC(F)([C](F)F)C(F)(F)F. The standard InChI is InChI=1S/C4F6O2/c5-2(6)3(7,12-1-11)4(8,9)10. The molecule has 0 saturated carbocycles. The highest BCUT2D eigenvalue weighted by Gasteiger charge is 2.67. The van der Waals surface area contributed by atoms with Crippen LogP contribution in [0.1, 0.15) is 0 Å². The summed E-state index contributed by atoms with van der Waals surface area (Å²) in [7, 11) is 0. The molecule has 0 heterocycles. The van der Waals surface area contributed by atoms with Gasteiger partial charge < -0.3 is 4.74 Å². The number of rotatable bonds is 3. The highest BCUT2D eigenvalue weighted by Crippen LogP contribution is 2.42. The van der Waals surface area contributed by atoms with Crippen LogP contribution in [-0.2, 0) is 9.53 Å².